The maximum absolute atomic E-state index is 13.3. The highest BCUT2D eigenvalue weighted by atomic mass is 19.4. The molecule has 0 amide bonds. The molecule has 130 valence electrons. The van der Waals surface area contributed by atoms with Gasteiger partial charge in [-0.25, -0.2) is 4.98 Å². The van der Waals surface area contributed by atoms with Gasteiger partial charge >= 0.3 is 6.18 Å². The molecule has 0 unspecified atom stereocenters. The fraction of sp³-hybridized carbons (Fsp3) is 0.263. The van der Waals surface area contributed by atoms with Gasteiger partial charge in [0.15, 0.2) is 5.82 Å². The first-order chi connectivity index (χ1) is 12.0. The van der Waals surface area contributed by atoms with Crippen molar-refractivity contribution in [3.8, 4) is 22.5 Å². The number of halogens is 3. The SMILES string of the molecule is CCCCn1cnc(-c2cc(-c3ccccc3)cc(C(F)(F)F)c2)n1. The van der Waals surface area contributed by atoms with Crippen LogP contribution in [0.25, 0.3) is 22.5 Å². The summed E-state index contributed by atoms with van der Waals surface area (Å²) in [6, 6.07) is 13.0. The molecule has 25 heavy (non-hydrogen) atoms. The van der Waals surface area contributed by atoms with E-state index in [0.717, 1.165) is 30.5 Å². The Hall–Kier alpha value is -2.63. The monoisotopic (exact) mass is 345 g/mol. The third kappa shape index (κ3) is 4.07. The Morgan fingerprint density at radius 1 is 0.960 bits per heavy atom. The summed E-state index contributed by atoms with van der Waals surface area (Å²) in [6.45, 7) is 2.77. The van der Waals surface area contributed by atoms with Gasteiger partial charge in [0.2, 0.25) is 0 Å². The van der Waals surface area contributed by atoms with Crippen LogP contribution >= 0.6 is 0 Å². The smallest absolute Gasteiger partial charge is 0.252 e. The van der Waals surface area contributed by atoms with Crippen LogP contribution in [0.5, 0.6) is 0 Å². The molecule has 0 spiro atoms. The average Bonchev–Trinajstić information content (AvgIpc) is 3.08. The quantitative estimate of drug-likeness (QED) is 0.617. The van der Waals surface area contributed by atoms with E-state index >= 15 is 0 Å². The van der Waals surface area contributed by atoms with Crippen LogP contribution in [0.3, 0.4) is 0 Å². The van der Waals surface area contributed by atoms with Gasteiger partial charge in [-0.05, 0) is 35.7 Å². The lowest BCUT2D eigenvalue weighted by atomic mass is 9.99. The van der Waals surface area contributed by atoms with E-state index in [0.29, 0.717) is 23.5 Å². The van der Waals surface area contributed by atoms with Crippen molar-refractivity contribution in [1.82, 2.24) is 14.8 Å². The zero-order valence-corrected chi connectivity index (χ0v) is 13.8. The zero-order valence-electron chi connectivity index (χ0n) is 13.8. The first-order valence-corrected chi connectivity index (χ1v) is 8.15. The van der Waals surface area contributed by atoms with Crippen LogP contribution in [0.2, 0.25) is 0 Å². The number of nitrogens with zero attached hydrogens (tertiary/aromatic N) is 3. The molecular weight excluding hydrogens is 327 g/mol. The lowest BCUT2D eigenvalue weighted by molar-refractivity contribution is -0.137. The van der Waals surface area contributed by atoms with Crippen molar-refractivity contribution >= 4 is 0 Å². The Labute approximate surface area is 144 Å². The van der Waals surface area contributed by atoms with Crippen molar-refractivity contribution < 1.29 is 13.2 Å². The van der Waals surface area contributed by atoms with Crippen molar-refractivity contribution in [2.75, 3.05) is 0 Å². The molecule has 0 saturated heterocycles. The number of unbranched alkanes of at least 4 members (excludes halogenated alkanes) is 1. The third-order valence-corrected chi connectivity index (χ3v) is 3.90. The van der Waals surface area contributed by atoms with Gasteiger partial charge in [0, 0.05) is 12.1 Å². The van der Waals surface area contributed by atoms with Gasteiger partial charge in [-0.1, -0.05) is 43.7 Å². The maximum Gasteiger partial charge on any atom is 0.416 e. The molecular formula is C19H18F3N3. The van der Waals surface area contributed by atoms with E-state index in [2.05, 4.69) is 17.0 Å². The van der Waals surface area contributed by atoms with Crippen molar-refractivity contribution in [3.05, 3.63) is 60.4 Å². The van der Waals surface area contributed by atoms with Gasteiger partial charge < -0.3 is 0 Å². The van der Waals surface area contributed by atoms with Gasteiger partial charge in [-0.2, -0.15) is 18.3 Å². The summed E-state index contributed by atoms with van der Waals surface area (Å²) in [7, 11) is 0. The predicted molar refractivity (Wildman–Crippen MR) is 90.8 cm³/mol. The highest BCUT2D eigenvalue weighted by molar-refractivity contribution is 5.71. The molecule has 0 bridgehead atoms. The van der Waals surface area contributed by atoms with E-state index in [4.69, 9.17) is 0 Å². The van der Waals surface area contributed by atoms with Crippen molar-refractivity contribution in [2.24, 2.45) is 0 Å². The second kappa shape index (κ2) is 7.09. The van der Waals surface area contributed by atoms with Crippen LogP contribution < -0.4 is 0 Å². The Balaban J connectivity index is 2.05. The number of hydrogen-bond acceptors (Lipinski definition) is 2. The molecule has 6 heteroatoms. The largest absolute Gasteiger partial charge is 0.416 e. The first-order valence-electron chi connectivity index (χ1n) is 8.15. The molecule has 0 radical (unpaired) electrons. The number of hydrogen-bond donors (Lipinski definition) is 0. The van der Waals surface area contributed by atoms with Crippen molar-refractivity contribution in [3.63, 3.8) is 0 Å². The minimum atomic E-state index is -4.43. The van der Waals surface area contributed by atoms with E-state index in [1.165, 1.54) is 0 Å². The maximum atomic E-state index is 13.3. The second-order valence-corrected chi connectivity index (χ2v) is 5.85. The van der Waals surface area contributed by atoms with Crippen LogP contribution in [0.15, 0.2) is 54.9 Å². The average molecular weight is 345 g/mol. The van der Waals surface area contributed by atoms with E-state index in [-0.39, 0.29) is 0 Å². The van der Waals surface area contributed by atoms with Gasteiger partial charge in [-0.15, -0.1) is 0 Å². The Morgan fingerprint density at radius 3 is 2.36 bits per heavy atom. The summed E-state index contributed by atoms with van der Waals surface area (Å²) in [5.74, 6) is 0.305. The zero-order chi connectivity index (χ0) is 17.9. The lowest BCUT2D eigenvalue weighted by Crippen LogP contribution is -2.05. The molecule has 0 saturated carbocycles. The molecule has 3 rings (SSSR count). The summed E-state index contributed by atoms with van der Waals surface area (Å²) < 4.78 is 41.6. The lowest BCUT2D eigenvalue weighted by Gasteiger charge is -2.11. The standard InChI is InChI=1S/C19H18F3N3/c1-2-3-9-25-13-23-18(24-25)16-10-15(14-7-5-4-6-8-14)11-17(12-16)19(20,21)22/h4-8,10-13H,2-3,9H2,1H3. The van der Waals surface area contributed by atoms with Crippen LogP contribution in [0.4, 0.5) is 13.2 Å². The highest BCUT2D eigenvalue weighted by Crippen LogP contribution is 2.35. The summed E-state index contributed by atoms with van der Waals surface area (Å²) in [5.41, 5.74) is 0.883. The molecule has 0 N–H and O–H groups in total. The molecule has 0 aliphatic heterocycles. The van der Waals surface area contributed by atoms with E-state index in [1.54, 1.807) is 41.3 Å². The minimum Gasteiger partial charge on any atom is -0.252 e. The number of benzene rings is 2. The molecule has 0 fully saturated rings. The first kappa shape index (κ1) is 17.2. The van der Waals surface area contributed by atoms with Crippen LogP contribution in [-0.4, -0.2) is 14.8 Å². The Kier molecular flexibility index (Phi) is 4.88. The Bertz CT molecular complexity index is 839. The minimum absolute atomic E-state index is 0.305. The highest BCUT2D eigenvalue weighted by Gasteiger charge is 2.31. The molecule has 0 aliphatic rings. The predicted octanol–water partition coefficient (Wildman–Crippen LogP) is 5.43. The molecule has 2 aromatic carbocycles. The van der Waals surface area contributed by atoms with Gasteiger partial charge in [0.05, 0.1) is 5.56 Å². The Morgan fingerprint density at radius 2 is 1.68 bits per heavy atom. The van der Waals surface area contributed by atoms with Crippen molar-refractivity contribution in [1.29, 1.82) is 0 Å². The number of rotatable bonds is 5. The third-order valence-electron chi connectivity index (χ3n) is 3.90. The molecule has 3 aromatic rings. The van der Waals surface area contributed by atoms with Gasteiger partial charge in [0.25, 0.3) is 0 Å². The molecule has 0 aliphatic carbocycles. The van der Waals surface area contributed by atoms with Crippen molar-refractivity contribution in [2.45, 2.75) is 32.5 Å². The summed E-state index contributed by atoms with van der Waals surface area (Å²) in [5, 5.41) is 4.31. The molecule has 1 aromatic heterocycles. The number of aryl methyl sites for hydroxylation is 1. The van der Waals surface area contributed by atoms with Crippen LogP contribution in [-0.2, 0) is 12.7 Å². The summed E-state index contributed by atoms with van der Waals surface area (Å²) >= 11 is 0. The topological polar surface area (TPSA) is 30.7 Å². The van der Waals surface area contributed by atoms with Crippen LogP contribution in [0, 0.1) is 0 Å². The van der Waals surface area contributed by atoms with Gasteiger partial charge in [-0.3, -0.25) is 4.68 Å². The summed E-state index contributed by atoms with van der Waals surface area (Å²) in [4.78, 5) is 4.18. The number of alkyl halides is 3. The fourth-order valence-corrected chi connectivity index (χ4v) is 2.57. The second-order valence-electron chi connectivity index (χ2n) is 5.85. The number of aromatic nitrogens is 3. The molecule has 3 nitrogen and oxygen atoms in total. The molecule has 0 atom stereocenters. The fourth-order valence-electron chi connectivity index (χ4n) is 2.57. The van der Waals surface area contributed by atoms with E-state index in [1.807, 2.05) is 6.07 Å². The normalized spacial score (nSPS) is 11.7. The van der Waals surface area contributed by atoms with Gasteiger partial charge in [0.1, 0.15) is 6.33 Å². The molecule has 1 heterocycles. The summed E-state index contributed by atoms with van der Waals surface area (Å²) in [6.07, 6.45) is -0.907. The van der Waals surface area contributed by atoms with E-state index < -0.39 is 11.7 Å². The van der Waals surface area contributed by atoms with Crippen LogP contribution in [0.1, 0.15) is 25.3 Å². The van der Waals surface area contributed by atoms with E-state index in [9.17, 15) is 13.2 Å².